The van der Waals surface area contributed by atoms with Crippen molar-refractivity contribution in [3.63, 3.8) is 0 Å². The number of Topliss-reactive ketones (excluding diaryl/α,β-unsaturated/α-hetero) is 1. The van der Waals surface area contributed by atoms with Gasteiger partial charge in [0.15, 0.2) is 6.61 Å². The van der Waals surface area contributed by atoms with E-state index in [-0.39, 0.29) is 23.9 Å². The smallest absolute Gasteiger partial charge is 0.408 e. The first-order chi connectivity index (χ1) is 11.7. The highest BCUT2D eigenvalue weighted by atomic mass is 19.1. The van der Waals surface area contributed by atoms with E-state index in [1.165, 1.54) is 24.3 Å². The molecule has 0 aromatic heterocycles. The molecule has 0 aliphatic carbocycles. The molecule has 7 heteroatoms. The number of halogens is 1. The van der Waals surface area contributed by atoms with Crippen molar-refractivity contribution in [2.75, 3.05) is 13.2 Å². The minimum Gasteiger partial charge on any atom is -0.465 e. The van der Waals surface area contributed by atoms with Crippen LogP contribution in [-0.4, -0.2) is 30.7 Å². The SMILES string of the molecule is CCOC1=C([C@@H](NC(=O)OC(C)(C)C)c2ccc(F)cc2)C(=O)CO1. The predicted octanol–water partition coefficient (Wildman–Crippen LogP) is 3.24. The highest BCUT2D eigenvalue weighted by molar-refractivity contribution is 6.00. The molecule has 25 heavy (non-hydrogen) atoms. The fourth-order valence-corrected chi connectivity index (χ4v) is 2.33. The molecular formula is C18H22FNO5. The molecule has 1 heterocycles. The maximum atomic E-state index is 13.2. The highest BCUT2D eigenvalue weighted by Gasteiger charge is 2.36. The van der Waals surface area contributed by atoms with Crippen LogP contribution < -0.4 is 5.32 Å². The summed E-state index contributed by atoms with van der Waals surface area (Å²) in [5.74, 6) is -0.667. The van der Waals surface area contributed by atoms with Crippen molar-refractivity contribution < 1.29 is 28.2 Å². The lowest BCUT2D eigenvalue weighted by molar-refractivity contribution is -0.117. The molecule has 0 saturated carbocycles. The molecule has 1 N–H and O–H groups in total. The molecule has 1 aliphatic rings. The van der Waals surface area contributed by atoms with Gasteiger partial charge in [0, 0.05) is 0 Å². The van der Waals surface area contributed by atoms with Gasteiger partial charge in [0.25, 0.3) is 5.95 Å². The van der Waals surface area contributed by atoms with Crippen molar-refractivity contribution in [2.24, 2.45) is 0 Å². The van der Waals surface area contributed by atoms with E-state index in [2.05, 4.69) is 5.32 Å². The van der Waals surface area contributed by atoms with Gasteiger partial charge >= 0.3 is 6.09 Å². The normalized spacial score (nSPS) is 15.6. The van der Waals surface area contributed by atoms with Gasteiger partial charge < -0.3 is 19.5 Å². The van der Waals surface area contributed by atoms with E-state index >= 15 is 0 Å². The molecule has 136 valence electrons. The van der Waals surface area contributed by atoms with Crippen molar-refractivity contribution in [2.45, 2.75) is 39.3 Å². The van der Waals surface area contributed by atoms with Crippen molar-refractivity contribution in [3.05, 3.63) is 47.2 Å². The van der Waals surface area contributed by atoms with Gasteiger partial charge in [-0.15, -0.1) is 0 Å². The Bertz CT molecular complexity index is 676. The van der Waals surface area contributed by atoms with Crippen LogP contribution in [0.1, 0.15) is 39.3 Å². The molecule has 2 rings (SSSR count). The Labute approximate surface area is 145 Å². The first kappa shape index (κ1) is 18.8. The van der Waals surface area contributed by atoms with Gasteiger partial charge in [-0.05, 0) is 45.4 Å². The second-order valence-corrected chi connectivity index (χ2v) is 6.48. The quantitative estimate of drug-likeness (QED) is 0.881. The van der Waals surface area contributed by atoms with E-state index in [1.807, 2.05) is 0 Å². The molecule has 1 aromatic carbocycles. The van der Waals surface area contributed by atoms with Gasteiger partial charge in [0.05, 0.1) is 12.6 Å². The van der Waals surface area contributed by atoms with Gasteiger partial charge in [-0.25, -0.2) is 9.18 Å². The third-order valence-corrected chi connectivity index (χ3v) is 3.28. The lowest BCUT2D eigenvalue weighted by Crippen LogP contribution is -2.36. The Morgan fingerprint density at radius 1 is 1.32 bits per heavy atom. The van der Waals surface area contributed by atoms with Gasteiger partial charge in [-0.3, -0.25) is 4.79 Å². The zero-order chi connectivity index (χ0) is 18.6. The summed E-state index contributed by atoms with van der Waals surface area (Å²) in [6.07, 6.45) is -0.704. The third kappa shape index (κ3) is 4.95. The summed E-state index contributed by atoms with van der Waals surface area (Å²) in [5, 5.41) is 2.65. The van der Waals surface area contributed by atoms with Crippen LogP contribution in [-0.2, 0) is 19.0 Å². The zero-order valence-electron chi connectivity index (χ0n) is 14.7. The summed E-state index contributed by atoms with van der Waals surface area (Å²) in [5.41, 5.74) is -0.0114. The number of alkyl carbamates (subject to hydrolysis) is 1. The summed E-state index contributed by atoms with van der Waals surface area (Å²) in [4.78, 5) is 24.5. The van der Waals surface area contributed by atoms with Crippen LogP contribution in [0.3, 0.4) is 0 Å². The van der Waals surface area contributed by atoms with Crippen LogP contribution in [0.4, 0.5) is 9.18 Å². The van der Waals surface area contributed by atoms with E-state index in [0.717, 1.165) is 0 Å². The predicted molar refractivity (Wildman–Crippen MR) is 88.1 cm³/mol. The average molecular weight is 351 g/mol. The van der Waals surface area contributed by atoms with Crippen molar-refractivity contribution in [3.8, 4) is 0 Å². The zero-order valence-corrected chi connectivity index (χ0v) is 14.7. The lowest BCUT2D eigenvalue weighted by Gasteiger charge is -2.24. The number of hydrogen-bond donors (Lipinski definition) is 1. The summed E-state index contributed by atoms with van der Waals surface area (Å²) >= 11 is 0. The molecule has 6 nitrogen and oxygen atoms in total. The molecule has 0 unspecified atom stereocenters. The van der Waals surface area contributed by atoms with Crippen LogP contribution >= 0.6 is 0 Å². The van der Waals surface area contributed by atoms with E-state index in [1.54, 1.807) is 27.7 Å². The fourth-order valence-electron chi connectivity index (χ4n) is 2.33. The minimum atomic E-state index is -0.869. The monoisotopic (exact) mass is 351 g/mol. The number of hydrogen-bond acceptors (Lipinski definition) is 5. The number of benzene rings is 1. The Hall–Kier alpha value is -2.57. The molecule has 1 aliphatic heterocycles. The van der Waals surface area contributed by atoms with Gasteiger partial charge in [0.2, 0.25) is 5.78 Å². The Kier molecular flexibility index (Phi) is 5.66. The van der Waals surface area contributed by atoms with Gasteiger partial charge in [-0.1, -0.05) is 12.1 Å². The van der Waals surface area contributed by atoms with E-state index < -0.39 is 23.6 Å². The standard InChI is InChI=1S/C18H22FNO5/c1-5-23-16-14(13(21)10-24-16)15(11-6-8-12(19)9-7-11)20-17(22)25-18(2,3)4/h6-9,15H,5,10H2,1-4H3,(H,20,22)/t15-/m0/s1. The van der Waals surface area contributed by atoms with Crippen LogP contribution in [0.25, 0.3) is 0 Å². The topological polar surface area (TPSA) is 73.9 Å². The molecule has 1 atom stereocenters. The Balaban J connectivity index is 2.38. The highest BCUT2D eigenvalue weighted by Crippen LogP contribution is 2.31. The molecule has 0 saturated heterocycles. The van der Waals surface area contributed by atoms with E-state index in [0.29, 0.717) is 12.2 Å². The molecular weight excluding hydrogens is 329 g/mol. The van der Waals surface area contributed by atoms with Crippen LogP contribution in [0, 0.1) is 5.82 Å². The maximum absolute atomic E-state index is 13.2. The molecule has 0 fully saturated rings. The first-order valence-corrected chi connectivity index (χ1v) is 7.99. The third-order valence-electron chi connectivity index (χ3n) is 3.28. The van der Waals surface area contributed by atoms with E-state index in [9.17, 15) is 14.0 Å². The Morgan fingerprint density at radius 2 is 1.96 bits per heavy atom. The summed E-state index contributed by atoms with van der Waals surface area (Å²) < 4.78 is 29.1. The van der Waals surface area contributed by atoms with Crippen molar-refractivity contribution in [1.82, 2.24) is 5.32 Å². The van der Waals surface area contributed by atoms with Gasteiger partial charge in [-0.2, -0.15) is 0 Å². The summed E-state index contributed by atoms with van der Waals surface area (Å²) in [6, 6.07) is 4.60. The lowest BCUT2D eigenvalue weighted by atomic mass is 9.97. The van der Waals surface area contributed by atoms with Crippen molar-refractivity contribution in [1.29, 1.82) is 0 Å². The first-order valence-electron chi connectivity index (χ1n) is 7.99. The Morgan fingerprint density at radius 3 is 2.52 bits per heavy atom. The molecule has 1 amide bonds. The second kappa shape index (κ2) is 7.55. The van der Waals surface area contributed by atoms with Gasteiger partial charge in [0.1, 0.15) is 17.0 Å². The number of carbonyl (C=O) groups excluding carboxylic acids is 2. The number of ketones is 1. The maximum Gasteiger partial charge on any atom is 0.408 e. The number of rotatable bonds is 5. The summed E-state index contributed by atoms with van der Waals surface area (Å²) in [7, 11) is 0. The molecule has 0 radical (unpaired) electrons. The number of amides is 1. The summed E-state index contributed by atoms with van der Waals surface area (Å²) in [6.45, 7) is 7.08. The van der Waals surface area contributed by atoms with Crippen molar-refractivity contribution >= 4 is 11.9 Å². The molecule has 1 aromatic rings. The molecule has 0 bridgehead atoms. The average Bonchev–Trinajstić information content (AvgIpc) is 2.85. The minimum absolute atomic E-state index is 0.0675. The van der Waals surface area contributed by atoms with Crippen LogP contribution in [0.15, 0.2) is 35.8 Å². The van der Waals surface area contributed by atoms with Crippen LogP contribution in [0.5, 0.6) is 0 Å². The van der Waals surface area contributed by atoms with E-state index in [4.69, 9.17) is 14.2 Å². The fraction of sp³-hybridized carbons (Fsp3) is 0.444. The molecule has 0 spiro atoms. The largest absolute Gasteiger partial charge is 0.465 e. The second-order valence-electron chi connectivity index (χ2n) is 6.48. The number of carbonyl (C=O) groups is 2. The van der Waals surface area contributed by atoms with Crippen LogP contribution in [0.2, 0.25) is 0 Å². The number of ether oxygens (including phenoxy) is 3. The number of nitrogens with one attached hydrogen (secondary N) is 1.